The zero-order valence-corrected chi connectivity index (χ0v) is 19.5. The fourth-order valence-corrected chi connectivity index (χ4v) is 20.0. The minimum absolute atomic E-state index is 0.0793. The van der Waals surface area contributed by atoms with E-state index in [1.165, 1.54) is 14.9 Å². The van der Waals surface area contributed by atoms with E-state index < -0.39 is 28.5 Å². The summed E-state index contributed by atoms with van der Waals surface area (Å²) < 4.78 is 7.03. The van der Waals surface area contributed by atoms with Crippen molar-refractivity contribution in [1.82, 2.24) is 0 Å². The third kappa shape index (κ3) is 1.99. The van der Waals surface area contributed by atoms with Gasteiger partial charge in [0.2, 0.25) is 0 Å². The number of carbonyl (C=O) groups excluding carboxylic acids is 2. The number of carbonyl (C=O) groups is 2. The number of allylic oxidation sites excluding steroid dienone is 1. The SMILES string of the molecule is C[Si]1(C)c2cc[te]c2-c2[te]c(C=C3C(=O)c4cscc4C3=O)cc21. The standard InChI is InChI=1S/C18H12O2SSiTe2/c1-22(2)13-3-4-23-17(13)18-14(22)6-9(24-18)5-10-15(19)11-7-21-8-12(11)16(10)20/h3-8H,1-2H3. The number of thiophene rings is 1. The van der Waals surface area contributed by atoms with Gasteiger partial charge in [-0.3, -0.25) is 0 Å². The number of hydrogen-bond acceptors (Lipinski definition) is 3. The van der Waals surface area contributed by atoms with Gasteiger partial charge in [-0.05, 0) is 0 Å². The molecular weight excluding hydrogens is 564 g/mol. The normalized spacial score (nSPS) is 17.2. The third-order valence-electron chi connectivity index (χ3n) is 4.90. The maximum atomic E-state index is 12.5. The van der Waals surface area contributed by atoms with Crippen molar-refractivity contribution in [3.63, 3.8) is 0 Å². The zero-order valence-electron chi connectivity index (χ0n) is 13.0. The molecule has 5 rings (SSSR count). The molecule has 0 atom stereocenters. The van der Waals surface area contributed by atoms with Gasteiger partial charge in [0.25, 0.3) is 0 Å². The summed E-state index contributed by atoms with van der Waals surface area (Å²) in [6.07, 6.45) is 1.92. The molecule has 2 aliphatic rings. The zero-order chi connectivity index (χ0) is 16.6. The van der Waals surface area contributed by atoms with Crippen LogP contribution in [0.15, 0.2) is 32.5 Å². The molecule has 0 amide bonds. The van der Waals surface area contributed by atoms with Crippen LogP contribution in [0, 0.1) is 0 Å². The number of Topliss-reactive ketones (excluding diaryl/α,β-unsaturated/α-hetero) is 2. The van der Waals surface area contributed by atoms with Crippen molar-refractivity contribution in [2.24, 2.45) is 0 Å². The average molecular weight is 576 g/mol. The van der Waals surface area contributed by atoms with Crippen molar-refractivity contribution in [2.45, 2.75) is 13.1 Å². The van der Waals surface area contributed by atoms with Crippen molar-refractivity contribution in [3.8, 4) is 7.16 Å². The van der Waals surface area contributed by atoms with Gasteiger partial charge in [-0.15, -0.1) is 0 Å². The topological polar surface area (TPSA) is 34.1 Å². The van der Waals surface area contributed by atoms with Crippen LogP contribution < -0.4 is 10.4 Å². The Morgan fingerprint density at radius 2 is 1.75 bits per heavy atom. The second-order valence-corrected chi connectivity index (χ2v) is 17.4. The first-order valence-electron chi connectivity index (χ1n) is 7.58. The van der Waals surface area contributed by atoms with E-state index in [1.807, 2.05) is 6.08 Å². The van der Waals surface area contributed by atoms with Crippen LogP contribution in [0.4, 0.5) is 0 Å². The van der Waals surface area contributed by atoms with Crippen LogP contribution >= 0.6 is 11.3 Å². The summed E-state index contributed by atoms with van der Waals surface area (Å²) in [6, 6.07) is 4.73. The first-order chi connectivity index (χ1) is 11.5. The van der Waals surface area contributed by atoms with Crippen molar-refractivity contribution in [3.05, 3.63) is 47.3 Å². The van der Waals surface area contributed by atoms with Crippen molar-refractivity contribution < 1.29 is 9.59 Å². The third-order valence-corrected chi connectivity index (χ3v) is 17.3. The summed E-state index contributed by atoms with van der Waals surface area (Å²) in [5.41, 5.74) is 1.59. The predicted molar refractivity (Wildman–Crippen MR) is 103 cm³/mol. The van der Waals surface area contributed by atoms with Gasteiger partial charge in [0, 0.05) is 0 Å². The summed E-state index contributed by atoms with van der Waals surface area (Å²) in [7, 11) is -1.52. The second-order valence-electron chi connectivity index (χ2n) is 6.60. The summed E-state index contributed by atoms with van der Waals surface area (Å²) in [5.74, 6) is -0.159. The average Bonchev–Trinajstić information content (AvgIpc) is 3.31. The van der Waals surface area contributed by atoms with E-state index in [0.717, 1.165) is 0 Å². The van der Waals surface area contributed by atoms with Crippen LogP contribution in [-0.4, -0.2) is 60.5 Å². The van der Waals surface area contributed by atoms with Gasteiger partial charge < -0.3 is 0 Å². The van der Waals surface area contributed by atoms with Gasteiger partial charge in [0.1, 0.15) is 0 Å². The molecule has 0 N–H and O–H groups in total. The fraction of sp³-hybridized carbons (Fsp3) is 0.111. The van der Waals surface area contributed by atoms with Crippen LogP contribution in [-0.2, 0) is 0 Å². The molecule has 4 heterocycles. The fourth-order valence-electron chi connectivity index (χ4n) is 3.55. The Balaban J connectivity index is 1.63. The van der Waals surface area contributed by atoms with Crippen LogP contribution in [0.3, 0.4) is 0 Å². The molecule has 0 saturated heterocycles. The Bertz CT molecular complexity index is 1050. The maximum absolute atomic E-state index is 12.5. The quantitative estimate of drug-likeness (QED) is 0.253. The Morgan fingerprint density at radius 1 is 1.04 bits per heavy atom. The number of ketones is 2. The molecule has 3 aromatic rings. The van der Waals surface area contributed by atoms with Crippen molar-refractivity contribution >= 4 is 88.3 Å². The van der Waals surface area contributed by atoms with Gasteiger partial charge in [-0.2, -0.15) is 0 Å². The molecule has 6 heteroatoms. The summed E-state index contributed by atoms with van der Waals surface area (Å²) >= 11 is 0.831. The summed E-state index contributed by atoms with van der Waals surface area (Å²) in [6.45, 7) is 4.88. The van der Waals surface area contributed by atoms with Gasteiger partial charge in [-0.1, -0.05) is 0 Å². The molecule has 1 aliphatic heterocycles. The van der Waals surface area contributed by atoms with Gasteiger partial charge in [0.05, 0.1) is 0 Å². The summed E-state index contributed by atoms with van der Waals surface area (Å²) in [4.78, 5) is 25.0. The second kappa shape index (κ2) is 5.27. The predicted octanol–water partition coefficient (Wildman–Crippen LogP) is 2.13. The van der Waals surface area contributed by atoms with E-state index in [-0.39, 0.29) is 32.0 Å². The van der Waals surface area contributed by atoms with Gasteiger partial charge in [0.15, 0.2) is 0 Å². The number of fused-ring (bicyclic) bond motifs is 4. The van der Waals surface area contributed by atoms with Crippen molar-refractivity contribution in [2.75, 3.05) is 0 Å². The Morgan fingerprint density at radius 3 is 2.46 bits per heavy atom. The van der Waals surface area contributed by atoms with Crippen LogP contribution in [0.1, 0.15) is 24.3 Å². The minimum atomic E-state index is -1.52. The molecule has 24 heavy (non-hydrogen) atoms. The molecule has 1 aliphatic carbocycles. The van der Waals surface area contributed by atoms with Crippen LogP contribution in [0.2, 0.25) is 13.1 Å². The molecule has 0 aromatic carbocycles. The molecule has 0 fully saturated rings. The number of hydrogen-bond donors (Lipinski definition) is 0. The first kappa shape index (κ1) is 15.8. The molecule has 0 unspecified atom stereocenters. The van der Waals surface area contributed by atoms with Crippen LogP contribution in [0.25, 0.3) is 13.2 Å². The Labute approximate surface area is 164 Å². The Kier molecular flexibility index (Phi) is 3.46. The van der Waals surface area contributed by atoms with E-state index in [0.29, 0.717) is 16.7 Å². The van der Waals surface area contributed by atoms with Crippen LogP contribution in [0.5, 0.6) is 0 Å². The number of rotatable bonds is 1. The summed E-state index contributed by atoms with van der Waals surface area (Å²) in [5, 5.41) is 6.86. The molecule has 2 nitrogen and oxygen atoms in total. The van der Waals surface area contributed by atoms with E-state index in [2.05, 4.69) is 29.3 Å². The molecular formula is C18H12O2SSiTe2. The van der Waals surface area contributed by atoms with Gasteiger partial charge >= 0.3 is 165 Å². The molecule has 0 saturated carbocycles. The Hall–Kier alpha value is -0.464. The molecule has 3 aromatic heterocycles. The van der Waals surface area contributed by atoms with E-state index in [1.54, 1.807) is 28.3 Å². The van der Waals surface area contributed by atoms with E-state index in [4.69, 9.17) is 0 Å². The molecule has 0 bridgehead atoms. The van der Waals surface area contributed by atoms with Crippen molar-refractivity contribution in [1.29, 1.82) is 0 Å². The van der Waals surface area contributed by atoms with Gasteiger partial charge in [-0.25, -0.2) is 0 Å². The molecule has 118 valence electrons. The molecule has 0 radical (unpaired) electrons. The molecule has 0 spiro atoms. The van der Waals surface area contributed by atoms with E-state index >= 15 is 0 Å². The monoisotopic (exact) mass is 580 g/mol. The first-order valence-corrected chi connectivity index (χ1v) is 16.4. The van der Waals surface area contributed by atoms with E-state index in [9.17, 15) is 9.59 Å².